The number of urea groups is 1. The van der Waals surface area contributed by atoms with Gasteiger partial charge in [-0.2, -0.15) is 0 Å². The molecule has 4 amide bonds. The lowest BCUT2D eigenvalue weighted by Crippen LogP contribution is -2.58. The van der Waals surface area contributed by atoms with Crippen LogP contribution in [0, 0.1) is 0 Å². The number of pyridine rings is 1. The van der Waals surface area contributed by atoms with Crippen LogP contribution in [0.3, 0.4) is 0 Å². The summed E-state index contributed by atoms with van der Waals surface area (Å²) in [6, 6.07) is 10.3. The van der Waals surface area contributed by atoms with Gasteiger partial charge in [0.1, 0.15) is 29.3 Å². The van der Waals surface area contributed by atoms with Crippen molar-refractivity contribution in [1.82, 2.24) is 25.8 Å². The Morgan fingerprint density at radius 2 is 1.64 bits per heavy atom. The Morgan fingerprint density at radius 3 is 2.28 bits per heavy atom. The number of carbonyl (C=O) groups is 3. The highest BCUT2D eigenvalue weighted by Crippen LogP contribution is 2.33. The first-order chi connectivity index (χ1) is 24.1. The van der Waals surface area contributed by atoms with Crippen LogP contribution in [0.25, 0.3) is 0 Å². The number of aromatic hydroxyl groups is 1. The number of halogens is 2. The Labute approximate surface area is 309 Å². The maximum Gasteiger partial charge on any atom is 0.315 e. The Kier molecular flexibility index (Phi) is 15.0. The van der Waals surface area contributed by atoms with Crippen molar-refractivity contribution in [2.45, 2.75) is 44.2 Å². The summed E-state index contributed by atoms with van der Waals surface area (Å²) in [5.41, 5.74) is 8.31. The van der Waals surface area contributed by atoms with Crippen molar-refractivity contribution in [1.29, 1.82) is 0 Å². The van der Waals surface area contributed by atoms with Crippen molar-refractivity contribution in [3.05, 3.63) is 74.9 Å². The normalized spacial score (nSPS) is 14.0. The number of hydrogen-bond donors (Lipinski definition) is 5. The number of nitrogens with two attached hydrogens (primary N) is 1. The molecule has 0 saturated carbocycles. The van der Waals surface area contributed by atoms with Crippen molar-refractivity contribution >= 4 is 55.4 Å². The van der Waals surface area contributed by atoms with Gasteiger partial charge in [-0.05, 0) is 118 Å². The highest BCUT2D eigenvalue weighted by atomic mass is 79.9. The van der Waals surface area contributed by atoms with E-state index in [-0.39, 0.29) is 24.6 Å². The number of benzene rings is 2. The number of ether oxygens (including phenoxy) is 2. The van der Waals surface area contributed by atoms with Gasteiger partial charge in [0.15, 0.2) is 0 Å². The number of aromatic nitrogens is 1. The van der Waals surface area contributed by atoms with E-state index in [1.165, 1.54) is 0 Å². The molecule has 4 rings (SSSR count). The molecular formula is C35H45Br2N7O6. The number of carbonyl (C=O) groups excluding carboxylic acids is 3. The zero-order valence-electron chi connectivity index (χ0n) is 28.3. The molecule has 0 spiro atoms. The second kappa shape index (κ2) is 19.3. The summed E-state index contributed by atoms with van der Waals surface area (Å²) >= 11 is 6.69. The first-order valence-corrected chi connectivity index (χ1v) is 18.1. The van der Waals surface area contributed by atoms with Crippen LogP contribution in [0.5, 0.6) is 17.2 Å². The van der Waals surface area contributed by atoms with Gasteiger partial charge < -0.3 is 46.1 Å². The average molecular weight is 820 g/mol. The minimum atomic E-state index is -1.04. The van der Waals surface area contributed by atoms with Crippen LogP contribution in [0.15, 0.2) is 63.8 Å². The molecule has 0 radical (unpaired) electrons. The molecule has 1 aliphatic rings. The van der Waals surface area contributed by atoms with Gasteiger partial charge in [0.05, 0.1) is 23.2 Å². The molecule has 50 heavy (non-hydrogen) atoms. The number of methoxy groups -OCH3 is 2. The van der Waals surface area contributed by atoms with Gasteiger partial charge in [-0.25, -0.2) is 4.79 Å². The van der Waals surface area contributed by atoms with Gasteiger partial charge in [-0.15, -0.1) is 0 Å². The zero-order valence-corrected chi connectivity index (χ0v) is 31.5. The Morgan fingerprint density at radius 1 is 0.940 bits per heavy atom. The lowest BCUT2D eigenvalue weighted by Gasteiger charge is -2.37. The number of piperazine rings is 1. The second-order valence-electron chi connectivity index (χ2n) is 11.9. The second-order valence-corrected chi connectivity index (χ2v) is 13.6. The molecule has 2 atom stereocenters. The van der Waals surface area contributed by atoms with Crippen LogP contribution in [0.1, 0.15) is 30.4 Å². The van der Waals surface area contributed by atoms with E-state index in [4.69, 9.17) is 15.2 Å². The van der Waals surface area contributed by atoms with Crippen LogP contribution >= 0.6 is 31.9 Å². The molecule has 1 saturated heterocycles. The van der Waals surface area contributed by atoms with Gasteiger partial charge >= 0.3 is 6.03 Å². The minimum Gasteiger partial charge on any atom is -0.506 e. The third kappa shape index (κ3) is 11.0. The average Bonchev–Trinajstić information content (AvgIpc) is 3.13. The molecule has 6 N–H and O–H groups in total. The van der Waals surface area contributed by atoms with Gasteiger partial charge in [-0.1, -0.05) is 0 Å². The number of nitrogens with zero attached hydrogens (tertiary/aromatic N) is 3. The maximum absolute atomic E-state index is 14.0. The van der Waals surface area contributed by atoms with Gasteiger partial charge in [0.25, 0.3) is 0 Å². The third-order valence-electron chi connectivity index (χ3n) is 8.49. The standard InChI is InChI=1S/C35H45Br2N7O6/c1-49-26-6-7-31(50-2)24(22-26)8-14-40-35(48)42-30(21-23-19-27(36)32(45)28(37)20-23)33(46)41-29(5-3-4-11-38)34(47)44-17-15-43(16-18-44)25-9-12-39-13-10-25/h6-7,9-10,12-13,19-20,22,29-30,45H,3-5,8,11,14-18,21,38H2,1-2H3,(H,41,46)(H2,40,42,48)/t29-,30-/m0/s1. The molecule has 15 heteroatoms. The summed E-state index contributed by atoms with van der Waals surface area (Å²) in [6.45, 7) is 3.03. The number of anilines is 1. The number of hydrogen-bond acceptors (Lipinski definition) is 9. The molecule has 0 unspecified atom stereocenters. The molecule has 0 bridgehead atoms. The summed E-state index contributed by atoms with van der Waals surface area (Å²) in [4.78, 5) is 49.1. The number of rotatable bonds is 16. The fraction of sp³-hybridized carbons (Fsp3) is 0.429. The van der Waals surface area contributed by atoms with Crippen molar-refractivity contribution in [2.24, 2.45) is 5.73 Å². The van der Waals surface area contributed by atoms with E-state index in [2.05, 4.69) is 57.7 Å². The van der Waals surface area contributed by atoms with Crippen LogP contribution in [-0.2, 0) is 22.4 Å². The lowest BCUT2D eigenvalue weighted by molar-refractivity contribution is -0.137. The van der Waals surface area contributed by atoms with Gasteiger partial charge in [-0.3, -0.25) is 14.6 Å². The van der Waals surface area contributed by atoms with E-state index in [1.54, 1.807) is 55.8 Å². The summed E-state index contributed by atoms with van der Waals surface area (Å²) in [7, 11) is 3.15. The molecule has 1 aromatic heterocycles. The van der Waals surface area contributed by atoms with Crippen molar-refractivity contribution in [3.8, 4) is 17.2 Å². The molecular weight excluding hydrogens is 774 g/mol. The Balaban J connectivity index is 1.46. The van der Waals surface area contributed by atoms with E-state index >= 15 is 0 Å². The zero-order chi connectivity index (χ0) is 36.0. The monoisotopic (exact) mass is 817 g/mol. The van der Waals surface area contributed by atoms with E-state index in [0.29, 0.717) is 84.4 Å². The lowest BCUT2D eigenvalue weighted by atomic mass is 10.0. The highest BCUT2D eigenvalue weighted by molar-refractivity contribution is 9.11. The fourth-order valence-electron chi connectivity index (χ4n) is 5.76. The maximum atomic E-state index is 14.0. The number of phenols is 1. The van der Waals surface area contributed by atoms with Crippen LogP contribution in [0.2, 0.25) is 0 Å². The minimum absolute atomic E-state index is 0.0167. The number of nitrogens with one attached hydrogen (secondary N) is 3. The predicted octanol–water partition coefficient (Wildman–Crippen LogP) is 3.75. The Bertz CT molecular complexity index is 1570. The van der Waals surface area contributed by atoms with Crippen molar-refractivity contribution < 1.29 is 29.0 Å². The third-order valence-corrected chi connectivity index (χ3v) is 9.70. The van der Waals surface area contributed by atoms with Crippen LogP contribution < -0.4 is 36.1 Å². The van der Waals surface area contributed by atoms with Crippen molar-refractivity contribution in [3.63, 3.8) is 0 Å². The number of phenolic OH excluding ortho intramolecular Hbond substituents is 1. The summed E-state index contributed by atoms with van der Waals surface area (Å²) in [5.74, 6) is 0.673. The molecule has 3 aromatic rings. The topological polar surface area (TPSA) is 171 Å². The SMILES string of the molecule is COc1ccc(OC)c(CCNC(=O)N[C@@H](Cc2cc(Br)c(O)c(Br)c2)C(=O)N[C@@H](CCCCN)C(=O)N2CCN(c3ccncc3)CC2)c1. The first-order valence-electron chi connectivity index (χ1n) is 16.5. The molecule has 1 aliphatic heterocycles. The first kappa shape index (κ1) is 38.7. The van der Waals surface area contributed by atoms with E-state index in [9.17, 15) is 19.5 Å². The molecule has 13 nitrogen and oxygen atoms in total. The van der Waals surface area contributed by atoms with E-state index < -0.39 is 24.0 Å². The van der Waals surface area contributed by atoms with Crippen LogP contribution in [-0.4, -0.2) is 98.4 Å². The Hall–Kier alpha value is -4.08. The molecule has 2 heterocycles. The molecule has 0 aliphatic carbocycles. The summed E-state index contributed by atoms with van der Waals surface area (Å²) in [5, 5.41) is 18.8. The predicted molar refractivity (Wildman–Crippen MR) is 199 cm³/mol. The number of amides is 4. The molecule has 2 aromatic carbocycles. The van der Waals surface area contributed by atoms with Gasteiger partial charge in [0, 0.05) is 57.2 Å². The molecule has 1 fully saturated rings. The van der Waals surface area contributed by atoms with E-state index in [1.807, 2.05) is 18.2 Å². The highest BCUT2D eigenvalue weighted by Gasteiger charge is 2.31. The summed E-state index contributed by atoms with van der Waals surface area (Å²) < 4.78 is 11.6. The van der Waals surface area contributed by atoms with Gasteiger partial charge in [0.2, 0.25) is 11.8 Å². The molecule has 270 valence electrons. The number of unbranched alkanes of at least 4 members (excludes halogenated alkanes) is 1. The quantitative estimate of drug-likeness (QED) is 0.135. The fourth-order valence-corrected chi connectivity index (χ4v) is 7.04. The van der Waals surface area contributed by atoms with Crippen LogP contribution in [0.4, 0.5) is 10.5 Å². The largest absolute Gasteiger partial charge is 0.506 e. The summed E-state index contributed by atoms with van der Waals surface area (Å²) in [6.07, 6.45) is 5.79. The van der Waals surface area contributed by atoms with Crippen molar-refractivity contribution in [2.75, 3.05) is 58.4 Å². The smallest absolute Gasteiger partial charge is 0.315 e. The van der Waals surface area contributed by atoms with E-state index in [0.717, 1.165) is 11.3 Å².